The van der Waals surface area contributed by atoms with Gasteiger partial charge in [0, 0.05) is 38.4 Å². The van der Waals surface area contributed by atoms with Crippen molar-refractivity contribution >= 4 is 5.69 Å². The summed E-state index contributed by atoms with van der Waals surface area (Å²) in [5, 5.41) is 0. The van der Waals surface area contributed by atoms with E-state index in [4.69, 9.17) is 5.73 Å². The quantitative estimate of drug-likeness (QED) is 0.883. The molecule has 1 aromatic rings. The number of anilines is 1. The Bertz CT molecular complexity index is 381. The highest BCUT2D eigenvalue weighted by Crippen LogP contribution is 2.23. The summed E-state index contributed by atoms with van der Waals surface area (Å²) < 4.78 is 0. The Balaban J connectivity index is 2.06. The molecule has 3 heteroatoms. The largest absolute Gasteiger partial charge is 0.369 e. The zero-order valence-corrected chi connectivity index (χ0v) is 11.7. The van der Waals surface area contributed by atoms with Gasteiger partial charge in [0.15, 0.2) is 0 Å². The minimum absolute atomic E-state index is 0.630. The number of nitrogens with two attached hydrogens (primary N) is 1. The average molecular weight is 247 g/mol. The summed E-state index contributed by atoms with van der Waals surface area (Å²) >= 11 is 0. The predicted molar refractivity (Wildman–Crippen MR) is 78.0 cm³/mol. The van der Waals surface area contributed by atoms with Crippen molar-refractivity contribution in [2.45, 2.75) is 26.8 Å². The van der Waals surface area contributed by atoms with E-state index in [1.807, 2.05) is 0 Å². The zero-order valence-electron chi connectivity index (χ0n) is 11.7. The standard InChI is InChI=1S/C15H25N3/c1-3-6-17-7-9-18(10-8-17)15-11-13(2)4-5-14(15)12-16/h4-5,11H,3,6-10,12,16H2,1-2H3. The molecule has 100 valence electrons. The van der Waals surface area contributed by atoms with Crippen LogP contribution in [0, 0.1) is 6.92 Å². The van der Waals surface area contributed by atoms with Crippen LogP contribution < -0.4 is 10.6 Å². The molecule has 1 saturated heterocycles. The van der Waals surface area contributed by atoms with Gasteiger partial charge in [-0.3, -0.25) is 4.90 Å². The minimum Gasteiger partial charge on any atom is -0.369 e. The first kappa shape index (κ1) is 13.4. The Labute approximate surface area is 111 Å². The molecule has 2 rings (SSSR count). The van der Waals surface area contributed by atoms with Gasteiger partial charge in [0.25, 0.3) is 0 Å². The molecule has 1 aliphatic heterocycles. The molecule has 1 aliphatic rings. The maximum absolute atomic E-state index is 5.85. The molecule has 0 saturated carbocycles. The summed E-state index contributed by atoms with van der Waals surface area (Å²) in [5.74, 6) is 0. The molecule has 0 bridgehead atoms. The van der Waals surface area contributed by atoms with Gasteiger partial charge < -0.3 is 10.6 Å². The molecule has 0 amide bonds. The number of nitrogens with zero attached hydrogens (tertiary/aromatic N) is 2. The zero-order chi connectivity index (χ0) is 13.0. The van der Waals surface area contributed by atoms with E-state index >= 15 is 0 Å². The average Bonchev–Trinajstić information content (AvgIpc) is 2.40. The molecular formula is C15H25N3. The van der Waals surface area contributed by atoms with Crippen molar-refractivity contribution in [1.82, 2.24) is 4.90 Å². The second-order valence-electron chi connectivity index (χ2n) is 5.16. The van der Waals surface area contributed by atoms with Gasteiger partial charge in [0.1, 0.15) is 0 Å². The van der Waals surface area contributed by atoms with Crippen LogP contribution in [0.25, 0.3) is 0 Å². The van der Waals surface area contributed by atoms with Gasteiger partial charge in [-0.15, -0.1) is 0 Å². The van der Waals surface area contributed by atoms with E-state index in [1.54, 1.807) is 0 Å². The lowest BCUT2D eigenvalue weighted by Crippen LogP contribution is -2.46. The third-order valence-electron chi connectivity index (χ3n) is 3.71. The number of hydrogen-bond donors (Lipinski definition) is 1. The predicted octanol–water partition coefficient (Wildman–Crippen LogP) is 1.99. The van der Waals surface area contributed by atoms with Gasteiger partial charge in [-0.1, -0.05) is 19.1 Å². The van der Waals surface area contributed by atoms with Gasteiger partial charge in [-0.25, -0.2) is 0 Å². The number of benzene rings is 1. The van der Waals surface area contributed by atoms with Crippen molar-refractivity contribution in [3.8, 4) is 0 Å². The van der Waals surface area contributed by atoms with Gasteiger partial charge in [0.05, 0.1) is 0 Å². The van der Waals surface area contributed by atoms with Gasteiger partial charge in [0.2, 0.25) is 0 Å². The molecule has 1 heterocycles. The lowest BCUT2D eigenvalue weighted by atomic mass is 10.1. The Morgan fingerprint density at radius 1 is 1.17 bits per heavy atom. The normalized spacial score (nSPS) is 17.2. The molecule has 0 radical (unpaired) electrons. The third kappa shape index (κ3) is 3.03. The third-order valence-corrected chi connectivity index (χ3v) is 3.71. The van der Waals surface area contributed by atoms with E-state index in [2.05, 4.69) is 41.8 Å². The highest BCUT2D eigenvalue weighted by Gasteiger charge is 2.18. The van der Waals surface area contributed by atoms with Crippen LogP contribution in [-0.4, -0.2) is 37.6 Å². The monoisotopic (exact) mass is 247 g/mol. The SMILES string of the molecule is CCCN1CCN(c2cc(C)ccc2CN)CC1. The van der Waals surface area contributed by atoms with Crippen LogP contribution in [0.5, 0.6) is 0 Å². The summed E-state index contributed by atoms with van der Waals surface area (Å²) in [6.07, 6.45) is 1.25. The molecular weight excluding hydrogens is 222 g/mol. The van der Waals surface area contributed by atoms with Crippen molar-refractivity contribution in [2.24, 2.45) is 5.73 Å². The second kappa shape index (κ2) is 6.21. The smallest absolute Gasteiger partial charge is 0.0415 e. The molecule has 3 nitrogen and oxygen atoms in total. The van der Waals surface area contributed by atoms with Crippen molar-refractivity contribution < 1.29 is 0 Å². The fourth-order valence-electron chi connectivity index (χ4n) is 2.67. The second-order valence-corrected chi connectivity index (χ2v) is 5.16. The first-order valence-electron chi connectivity index (χ1n) is 7.01. The van der Waals surface area contributed by atoms with Crippen molar-refractivity contribution in [3.05, 3.63) is 29.3 Å². The highest BCUT2D eigenvalue weighted by atomic mass is 15.3. The van der Waals surface area contributed by atoms with Crippen LogP contribution in [0.2, 0.25) is 0 Å². The number of aryl methyl sites for hydroxylation is 1. The lowest BCUT2D eigenvalue weighted by Gasteiger charge is -2.37. The molecule has 18 heavy (non-hydrogen) atoms. The van der Waals surface area contributed by atoms with Gasteiger partial charge in [-0.2, -0.15) is 0 Å². The molecule has 0 unspecified atom stereocenters. The summed E-state index contributed by atoms with van der Waals surface area (Å²) in [7, 11) is 0. The van der Waals surface area contributed by atoms with E-state index in [0.29, 0.717) is 6.54 Å². The maximum Gasteiger partial charge on any atom is 0.0415 e. The van der Waals surface area contributed by atoms with Crippen LogP contribution in [0.15, 0.2) is 18.2 Å². The lowest BCUT2D eigenvalue weighted by molar-refractivity contribution is 0.258. The van der Waals surface area contributed by atoms with E-state index < -0.39 is 0 Å². The van der Waals surface area contributed by atoms with Crippen molar-refractivity contribution in [2.75, 3.05) is 37.6 Å². The highest BCUT2D eigenvalue weighted by molar-refractivity contribution is 5.55. The van der Waals surface area contributed by atoms with Crippen LogP contribution in [0.1, 0.15) is 24.5 Å². The Morgan fingerprint density at radius 3 is 2.50 bits per heavy atom. The fraction of sp³-hybridized carbons (Fsp3) is 0.600. The Hall–Kier alpha value is -1.06. The van der Waals surface area contributed by atoms with Crippen molar-refractivity contribution in [1.29, 1.82) is 0 Å². The molecule has 0 atom stereocenters. The first-order valence-corrected chi connectivity index (χ1v) is 7.01. The summed E-state index contributed by atoms with van der Waals surface area (Å²) in [4.78, 5) is 5.04. The number of piperazine rings is 1. The van der Waals surface area contributed by atoms with E-state index in [-0.39, 0.29) is 0 Å². The van der Waals surface area contributed by atoms with E-state index in [9.17, 15) is 0 Å². The number of hydrogen-bond acceptors (Lipinski definition) is 3. The Kier molecular flexibility index (Phi) is 4.61. The molecule has 0 spiro atoms. The minimum atomic E-state index is 0.630. The van der Waals surface area contributed by atoms with E-state index in [0.717, 1.165) is 13.1 Å². The molecule has 0 aromatic heterocycles. The Morgan fingerprint density at radius 2 is 1.89 bits per heavy atom. The molecule has 2 N–H and O–H groups in total. The molecule has 0 aliphatic carbocycles. The van der Waals surface area contributed by atoms with Crippen molar-refractivity contribution in [3.63, 3.8) is 0 Å². The summed E-state index contributed by atoms with van der Waals surface area (Å²) in [5.41, 5.74) is 9.77. The topological polar surface area (TPSA) is 32.5 Å². The van der Waals surface area contributed by atoms with E-state index in [1.165, 1.54) is 42.9 Å². The maximum atomic E-state index is 5.85. The van der Waals surface area contributed by atoms with Crippen LogP contribution >= 0.6 is 0 Å². The van der Waals surface area contributed by atoms with Crippen LogP contribution in [0.3, 0.4) is 0 Å². The van der Waals surface area contributed by atoms with Crippen LogP contribution in [-0.2, 0) is 6.54 Å². The molecule has 1 fully saturated rings. The molecule has 1 aromatic carbocycles. The van der Waals surface area contributed by atoms with Crippen LogP contribution in [0.4, 0.5) is 5.69 Å². The number of rotatable bonds is 4. The van der Waals surface area contributed by atoms with Gasteiger partial charge in [-0.05, 0) is 37.1 Å². The summed E-state index contributed by atoms with van der Waals surface area (Å²) in [6, 6.07) is 6.60. The van der Waals surface area contributed by atoms with Gasteiger partial charge >= 0.3 is 0 Å². The first-order chi connectivity index (χ1) is 8.74. The fourth-order valence-corrected chi connectivity index (χ4v) is 2.67. The summed E-state index contributed by atoms with van der Waals surface area (Å²) in [6.45, 7) is 10.8.